The van der Waals surface area contributed by atoms with Crippen LogP contribution in [0.2, 0.25) is 0 Å². The Bertz CT molecular complexity index is 896. The third kappa shape index (κ3) is 3.93. The van der Waals surface area contributed by atoms with Crippen molar-refractivity contribution >= 4 is 18.4 Å². The Morgan fingerprint density at radius 2 is 1.52 bits per heavy atom. The smallest absolute Gasteiger partial charge is 0.161 e. The Morgan fingerprint density at radius 1 is 0.800 bits per heavy atom. The highest BCUT2D eigenvalue weighted by molar-refractivity contribution is 6.12. The molecule has 0 aliphatic rings. The summed E-state index contributed by atoms with van der Waals surface area (Å²) in [6.45, 7) is 3.65. The summed E-state index contributed by atoms with van der Waals surface area (Å²) in [7, 11) is 1.72. The largest absolute Gasteiger partial charge is 0.270 e. The molecule has 0 spiro atoms. The van der Waals surface area contributed by atoms with Crippen molar-refractivity contribution in [2.45, 2.75) is 0 Å². The van der Waals surface area contributed by atoms with E-state index in [-0.39, 0.29) is 0 Å². The standard InChI is InChI=1S/C21H18N4/c1-22-20(17-7-4-3-5-8-17)25-21(23-2)18-12-10-16(11-13-18)19-9-6-14-24-15-19/h3-15H,2H2,1H3/b22-20-,25-21-. The molecular formula is C21H18N4. The molecule has 0 amide bonds. The molecule has 0 aliphatic heterocycles. The summed E-state index contributed by atoms with van der Waals surface area (Å²) in [6.07, 6.45) is 3.60. The fraction of sp³-hybridized carbons (Fsp3) is 0.0476. The summed E-state index contributed by atoms with van der Waals surface area (Å²) < 4.78 is 0. The SMILES string of the molecule is C=N/C(=N\C(=N/C)c1ccccc1)c1ccc(-c2cccnc2)cc1. The van der Waals surface area contributed by atoms with E-state index >= 15 is 0 Å². The summed E-state index contributed by atoms with van der Waals surface area (Å²) in [5.74, 6) is 1.17. The highest BCUT2D eigenvalue weighted by atomic mass is 15.0. The molecule has 4 heteroatoms. The van der Waals surface area contributed by atoms with Gasteiger partial charge in [0, 0.05) is 30.6 Å². The van der Waals surface area contributed by atoms with E-state index in [4.69, 9.17) is 0 Å². The van der Waals surface area contributed by atoms with Crippen LogP contribution in [0.15, 0.2) is 94.1 Å². The zero-order valence-corrected chi connectivity index (χ0v) is 14.0. The van der Waals surface area contributed by atoms with Crippen LogP contribution in [0.25, 0.3) is 11.1 Å². The third-order valence-corrected chi connectivity index (χ3v) is 3.74. The van der Waals surface area contributed by atoms with Crippen LogP contribution in [0.3, 0.4) is 0 Å². The number of pyridine rings is 1. The highest BCUT2D eigenvalue weighted by Crippen LogP contribution is 2.19. The molecule has 122 valence electrons. The normalized spacial score (nSPS) is 12.0. The summed E-state index contributed by atoms with van der Waals surface area (Å²) in [5.41, 5.74) is 3.99. The van der Waals surface area contributed by atoms with E-state index in [1.54, 1.807) is 13.2 Å². The molecule has 0 saturated heterocycles. The van der Waals surface area contributed by atoms with Gasteiger partial charge in [-0.05, 0) is 23.9 Å². The van der Waals surface area contributed by atoms with Gasteiger partial charge in [0.25, 0.3) is 0 Å². The van der Waals surface area contributed by atoms with E-state index in [1.165, 1.54) is 0 Å². The molecule has 4 nitrogen and oxygen atoms in total. The molecule has 0 radical (unpaired) electrons. The lowest BCUT2D eigenvalue weighted by Crippen LogP contribution is -2.04. The topological polar surface area (TPSA) is 50.0 Å². The van der Waals surface area contributed by atoms with E-state index in [1.807, 2.05) is 72.9 Å². The molecule has 1 heterocycles. The first-order chi connectivity index (χ1) is 12.3. The van der Waals surface area contributed by atoms with Gasteiger partial charge in [-0.3, -0.25) is 9.98 Å². The van der Waals surface area contributed by atoms with Crippen molar-refractivity contribution < 1.29 is 0 Å². The van der Waals surface area contributed by atoms with Gasteiger partial charge >= 0.3 is 0 Å². The molecule has 1 aromatic heterocycles. The number of hydrogen-bond donors (Lipinski definition) is 0. The van der Waals surface area contributed by atoms with Gasteiger partial charge in [0.1, 0.15) is 0 Å². The molecule has 0 atom stereocenters. The van der Waals surface area contributed by atoms with Crippen molar-refractivity contribution in [3.63, 3.8) is 0 Å². The van der Waals surface area contributed by atoms with E-state index in [0.717, 1.165) is 22.3 Å². The number of benzene rings is 2. The van der Waals surface area contributed by atoms with Crippen molar-refractivity contribution in [1.82, 2.24) is 4.98 Å². The van der Waals surface area contributed by atoms with Crippen LogP contribution < -0.4 is 0 Å². The quantitative estimate of drug-likeness (QED) is 0.524. The maximum Gasteiger partial charge on any atom is 0.161 e. The second-order valence-corrected chi connectivity index (χ2v) is 5.33. The summed E-state index contributed by atoms with van der Waals surface area (Å²) in [4.78, 5) is 17.1. The van der Waals surface area contributed by atoms with Gasteiger partial charge < -0.3 is 0 Å². The molecule has 0 unspecified atom stereocenters. The van der Waals surface area contributed by atoms with E-state index in [9.17, 15) is 0 Å². The van der Waals surface area contributed by atoms with Crippen molar-refractivity contribution in [2.75, 3.05) is 7.05 Å². The number of aliphatic imine (C=N–C) groups is 3. The van der Waals surface area contributed by atoms with Crippen LogP contribution in [0, 0.1) is 0 Å². The predicted octanol–water partition coefficient (Wildman–Crippen LogP) is 4.27. The van der Waals surface area contributed by atoms with E-state index < -0.39 is 0 Å². The second-order valence-electron chi connectivity index (χ2n) is 5.33. The number of aromatic nitrogens is 1. The minimum absolute atomic E-state index is 0.544. The monoisotopic (exact) mass is 326 g/mol. The van der Waals surface area contributed by atoms with Crippen LogP contribution in [-0.2, 0) is 0 Å². The molecule has 0 aliphatic carbocycles. The van der Waals surface area contributed by atoms with Crippen LogP contribution in [0.4, 0.5) is 0 Å². The molecular weight excluding hydrogens is 308 g/mol. The average molecular weight is 326 g/mol. The zero-order chi connectivity index (χ0) is 17.5. The maximum absolute atomic E-state index is 4.58. The van der Waals surface area contributed by atoms with E-state index in [2.05, 4.69) is 26.7 Å². The van der Waals surface area contributed by atoms with Gasteiger partial charge in [0.2, 0.25) is 0 Å². The molecule has 3 aromatic rings. The third-order valence-electron chi connectivity index (χ3n) is 3.74. The lowest BCUT2D eigenvalue weighted by atomic mass is 10.1. The summed E-state index contributed by atoms with van der Waals surface area (Å²) >= 11 is 0. The van der Waals surface area contributed by atoms with Gasteiger partial charge in [-0.1, -0.05) is 60.7 Å². The molecule has 2 aromatic carbocycles. The fourth-order valence-electron chi connectivity index (χ4n) is 2.47. The van der Waals surface area contributed by atoms with Gasteiger partial charge in [0.15, 0.2) is 11.7 Å². The van der Waals surface area contributed by atoms with E-state index in [0.29, 0.717) is 11.7 Å². The van der Waals surface area contributed by atoms with Crippen molar-refractivity contribution in [3.05, 3.63) is 90.3 Å². The molecule has 0 saturated carbocycles. The average Bonchev–Trinajstić information content (AvgIpc) is 2.70. The summed E-state index contributed by atoms with van der Waals surface area (Å²) in [5, 5.41) is 0. The zero-order valence-electron chi connectivity index (χ0n) is 14.0. The summed E-state index contributed by atoms with van der Waals surface area (Å²) in [6, 6.07) is 21.8. The number of amidine groups is 2. The Labute approximate surface area is 147 Å². The van der Waals surface area contributed by atoms with Gasteiger partial charge in [0.05, 0.1) is 0 Å². The first-order valence-electron chi connectivity index (χ1n) is 7.90. The fourth-order valence-corrected chi connectivity index (χ4v) is 2.47. The first kappa shape index (κ1) is 16.5. The van der Waals surface area contributed by atoms with Crippen molar-refractivity contribution in [1.29, 1.82) is 0 Å². The van der Waals surface area contributed by atoms with Crippen LogP contribution in [-0.4, -0.2) is 30.4 Å². The Balaban J connectivity index is 1.92. The van der Waals surface area contributed by atoms with Gasteiger partial charge in [-0.25, -0.2) is 9.98 Å². The Morgan fingerprint density at radius 3 is 2.12 bits per heavy atom. The highest BCUT2D eigenvalue weighted by Gasteiger charge is 2.06. The van der Waals surface area contributed by atoms with Crippen LogP contribution in [0.5, 0.6) is 0 Å². The lowest BCUT2D eigenvalue weighted by Gasteiger charge is -2.06. The van der Waals surface area contributed by atoms with Crippen LogP contribution >= 0.6 is 0 Å². The first-order valence-corrected chi connectivity index (χ1v) is 7.90. The Kier molecular flexibility index (Phi) is 5.22. The van der Waals surface area contributed by atoms with Crippen molar-refractivity contribution in [2.24, 2.45) is 15.0 Å². The minimum atomic E-state index is 0.544. The number of nitrogens with zero attached hydrogens (tertiary/aromatic N) is 4. The van der Waals surface area contributed by atoms with Gasteiger partial charge in [-0.2, -0.15) is 0 Å². The molecule has 0 bridgehead atoms. The second kappa shape index (κ2) is 7.93. The number of rotatable bonds is 3. The minimum Gasteiger partial charge on any atom is -0.270 e. The Hall–Kier alpha value is -3.40. The lowest BCUT2D eigenvalue weighted by molar-refractivity contribution is 1.33. The van der Waals surface area contributed by atoms with Gasteiger partial charge in [-0.15, -0.1) is 0 Å². The molecule has 0 N–H and O–H groups in total. The van der Waals surface area contributed by atoms with Crippen molar-refractivity contribution in [3.8, 4) is 11.1 Å². The predicted molar refractivity (Wildman–Crippen MR) is 105 cm³/mol. The maximum atomic E-state index is 4.58. The number of hydrogen-bond acceptors (Lipinski definition) is 2. The van der Waals surface area contributed by atoms with Crippen LogP contribution in [0.1, 0.15) is 11.1 Å². The molecule has 3 rings (SSSR count). The molecule has 25 heavy (non-hydrogen) atoms. The molecule has 0 fully saturated rings.